The lowest BCUT2D eigenvalue weighted by Crippen LogP contribution is -2.37. The minimum Gasteiger partial charge on any atom is -0.314 e. The topological polar surface area (TPSA) is 12.0 Å². The van der Waals surface area contributed by atoms with Gasteiger partial charge >= 0.3 is 0 Å². The van der Waals surface area contributed by atoms with Gasteiger partial charge in [0, 0.05) is 6.04 Å². The molecule has 118 valence electrons. The van der Waals surface area contributed by atoms with Gasteiger partial charge in [-0.2, -0.15) is 0 Å². The lowest BCUT2D eigenvalue weighted by molar-refractivity contribution is 0.269. The van der Waals surface area contributed by atoms with Gasteiger partial charge in [-0.15, -0.1) is 0 Å². The van der Waals surface area contributed by atoms with Crippen molar-refractivity contribution in [3.8, 4) is 0 Å². The highest BCUT2D eigenvalue weighted by Crippen LogP contribution is 2.27. The van der Waals surface area contributed by atoms with Crippen LogP contribution in [0.1, 0.15) is 103 Å². The number of hydrogen-bond donors (Lipinski definition) is 1. The van der Waals surface area contributed by atoms with E-state index in [-0.39, 0.29) is 0 Å². The molecule has 2 unspecified atom stereocenters. The summed E-state index contributed by atoms with van der Waals surface area (Å²) in [4.78, 5) is 0. The molecule has 0 aromatic rings. The lowest BCUT2D eigenvalue weighted by Gasteiger charge is -2.30. The maximum atomic E-state index is 3.96. The molecule has 1 aliphatic heterocycles. The first-order valence-corrected chi connectivity index (χ1v) is 9.70. The summed E-state index contributed by atoms with van der Waals surface area (Å²) in [7, 11) is 0. The predicted molar refractivity (Wildman–Crippen MR) is 89.2 cm³/mol. The standard InChI is InChI=1S/C19H37N/c1-2-6-10-14-18-15-11-7-3-4-8-12-16-19(18)20-17-13-9-5-1/h18-20H,1-17H2. The van der Waals surface area contributed by atoms with Crippen LogP contribution in [0.15, 0.2) is 0 Å². The van der Waals surface area contributed by atoms with Crippen LogP contribution in [0.5, 0.6) is 0 Å². The molecule has 0 radical (unpaired) electrons. The molecule has 1 N–H and O–H groups in total. The largest absolute Gasteiger partial charge is 0.314 e. The Bertz CT molecular complexity index is 202. The Kier molecular flexibility index (Phi) is 8.70. The zero-order valence-electron chi connectivity index (χ0n) is 13.7. The molecule has 1 nitrogen and oxygen atoms in total. The molecule has 0 spiro atoms. The molecular weight excluding hydrogens is 242 g/mol. The van der Waals surface area contributed by atoms with E-state index in [0.29, 0.717) is 0 Å². The predicted octanol–water partition coefficient (Wildman–Crippen LogP) is 5.83. The average Bonchev–Trinajstić information content (AvgIpc) is 2.46. The summed E-state index contributed by atoms with van der Waals surface area (Å²) in [6.07, 6.45) is 23.6. The molecule has 0 bridgehead atoms. The molecule has 2 rings (SSSR count). The first-order valence-electron chi connectivity index (χ1n) is 9.70. The van der Waals surface area contributed by atoms with Crippen LogP contribution in [0, 0.1) is 5.92 Å². The third-order valence-corrected chi connectivity index (χ3v) is 5.57. The fraction of sp³-hybridized carbons (Fsp3) is 1.00. The molecule has 2 aliphatic rings. The van der Waals surface area contributed by atoms with E-state index in [1.807, 2.05) is 0 Å². The number of hydrogen-bond acceptors (Lipinski definition) is 1. The third-order valence-electron chi connectivity index (χ3n) is 5.57. The zero-order valence-corrected chi connectivity index (χ0v) is 13.7. The van der Waals surface area contributed by atoms with Crippen molar-refractivity contribution < 1.29 is 0 Å². The van der Waals surface area contributed by atoms with E-state index in [4.69, 9.17) is 0 Å². The van der Waals surface area contributed by atoms with Gasteiger partial charge in [-0.25, -0.2) is 0 Å². The summed E-state index contributed by atoms with van der Waals surface area (Å²) in [5.74, 6) is 0.979. The van der Waals surface area contributed by atoms with Crippen molar-refractivity contribution in [3.05, 3.63) is 0 Å². The first kappa shape index (κ1) is 16.3. The van der Waals surface area contributed by atoms with E-state index < -0.39 is 0 Å². The Morgan fingerprint density at radius 3 is 1.50 bits per heavy atom. The molecule has 1 heteroatoms. The summed E-state index contributed by atoms with van der Waals surface area (Å²) in [5, 5.41) is 3.96. The van der Waals surface area contributed by atoms with Gasteiger partial charge < -0.3 is 5.32 Å². The zero-order chi connectivity index (χ0) is 13.9. The highest BCUT2D eigenvalue weighted by atomic mass is 14.9. The minimum atomic E-state index is 0.840. The summed E-state index contributed by atoms with van der Waals surface area (Å²) in [6, 6.07) is 0.840. The molecule has 20 heavy (non-hydrogen) atoms. The smallest absolute Gasteiger partial charge is 0.00953 e. The summed E-state index contributed by atoms with van der Waals surface area (Å²) in [5.41, 5.74) is 0. The molecule has 1 heterocycles. The van der Waals surface area contributed by atoms with E-state index >= 15 is 0 Å². The summed E-state index contributed by atoms with van der Waals surface area (Å²) >= 11 is 0. The fourth-order valence-electron chi connectivity index (χ4n) is 4.23. The van der Waals surface area contributed by atoms with Crippen LogP contribution in [0.3, 0.4) is 0 Å². The molecule has 1 aliphatic carbocycles. The molecular formula is C19H37N. The second-order valence-corrected chi connectivity index (χ2v) is 7.28. The van der Waals surface area contributed by atoms with E-state index in [1.165, 1.54) is 109 Å². The van der Waals surface area contributed by atoms with Crippen LogP contribution in [-0.4, -0.2) is 12.6 Å². The van der Waals surface area contributed by atoms with Gasteiger partial charge in [0.1, 0.15) is 0 Å². The Balaban J connectivity index is 1.87. The molecule has 0 aromatic carbocycles. The number of fused-ring (bicyclic) bond motifs is 1. The van der Waals surface area contributed by atoms with Gasteiger partial charge in [0.2, 0.25) is 0 Å². The van der Waals surface area contributed by atoms with Crippen molar-refractivity contribution in [2.24, 2.45) is 5.92 Å². The minimum absolute atomic E-state index is 0.840. The Labute approximate surface area is 127 Å². The van der Waals surface area contributed by atoms with Crippen LogP contribution in [0.4, 0.5) is 0 Å². The van der Waals surface area contributed by atoms with Gasteiger partial charge in [0.15, 0.2) is 0 Å². The van der Waals surface area contributed by atoms with E-state index in [2.05, 4.69) is 5.32 Å². The van der Waals surface area contributed by atoms with Crippen LogP contribution in [0.2, 0.25) is 0 Å². The average molecular weight is 280 g/mol. The quantitative estimate of drug-likeness (QED) is 0.588. The van der Waals surface area contributed by atoms with Crippen LogP contribution >= 0.6 is 0 Å². The van der Waals surface area contributed by atoms with Crippen molar-refractivity contribution in [3.63, 3.8) is 0 Å². The number of rotatable bonds is 0. The van der Waals surface area contributed by atoms with Gasteiger partial charge in [0.05, 0.1) is 0 Å². The molecule has 0 aromatic heterocycles. The maximum Gasteiger partial charge on any atom is 0.00953 e. The van der Waals surface area contributed by atoms with Crippen molar-refractivity contribution in [2.75, 3.05) is 6.54 Å². The van der Waals surface area contributed by atoms with E-state index in [0.717, 1.165) is 12.0 Å². The molecule has 1 saturated heterocycles. The van der Waals surface area contributed by atoms with Gasteiger partial charge in [-0.05, 0) is 38.1 Å². The molecule has 1 saturated carbocycles. The highest BCUT2D eigenvalue weighted by Gasteiger charge is 2.21. The van der Waals surface area contributed by atoms with Crippen molar-refractivity contribution in [1.29, 1.82) is 0 Å². The van der Waals surface area contributed by atoms with Crippen molar-refractivity contribution in [1.82, 2.24) is 5.32 Å². The number of nitrogens with one attached hydrogen (secondary N) is 1. The van der Waals surface area contributed by atoms with Crippen LogP contribution in [-0.2, 0) is 0 Å². The van der Waals surface area contributed by atoms with E-state index in [1.54, 1.807) is 0 Å². The second-order valence-electron chi connectivity index (χ2n) is 7.28. The molecule has 2 atom stereocenters. The lowest BCUT2D eigenvalue weighted by atomic mass is 9.84. The molecule has 2 fully saturated rings. The molecule has 0 amide bonds. The SMILES string of the molecule is C1CCCCNC2CCCCCCCCC2CCCC1. The Hall–Kier alpha value is -0.0400. The van der Waals surface area contributed by atoms with Crippen molar-refractivity contribution >= 4 is 0 Å². The third kappa shape index (κ3) is 6.61. The summed E-state index contributed by atoms with van der Waals surface area (Å²) in [6.45, 7) is 1.28. The normalized spacial score (nSPS) is 32.4. The van der Waals surface area contributed by atoms with E-state index in [9.17, 15) is 0 Å². The monoisotopic (exact) mass is 279 g/mol. The van der Waals surface area contributed by atoms with Crippen molar-refractivity contribution in [2.45, 2.75) is 109 Å². The van der Waals surface area contributed by atoms with Gasteiger partial charge in [-0.1, -0.05) is 77.0 Å². The Morgan fingerprint density at radius 2 is 0.900 bits per heavy atom. The van der Waals surface area contributed by atoms with Crippen LogP contribution < -0.4 is 5.32 Å². The Morgan fingerprint density at radius 1 is 0.450 bits per heavy atom. The summed E-state index contributed by atoms with van der Waals surface area (Å²) < 4.78 is 0. The first-order chi connectivity index (χ1) is 9.97. The second kappa shape index (κ2) is 10.7. The van der Waals surface area contributed by atoms with Gasteiger partial charge in [-0.3, -0.25) is 0 Å². The maximum absolute atomic E-state index is 3.96. The van der Waals surface area contributed by atoms with Crippen LogP contribution in [0.25, 0.3) is 0 Å². The fourth-order valence-corrected chi connectivity index (χ4v) is 4.23. The van der Waals surface area contributed by atoms with Gasteiger partial charge in [0.25, 0.3) is 0 Å². The highest BCUT2D eigenvalue weighted by molar-refractivity contribution is 4.78.